The second-order valence-electron chi connectivity index (χ2n) is 8.97. The number of amides is 2. The summed E-state index contributed by atoms with van der Waals surface area (Å²) in [6.45, 7) is 1.65. The molecule has 0 aliphatic heterocycles. The number of fused-ring (bicyclic) bond motifs is 1. The van der Waals surface area contributed by atoms with Crippen LogP contribution in [0.2, 0.25) is 0 Å². The van der Waals surface area contributed by atoms with Gasteiger partial charge in [0.1, 0.15) is 23.7 Å². The predicted octanol–water partition coefficient (Wildman–Crippen LogP) is 4.25. The number of ether oxygens (including phenoxy) is 1. The summed E-state index contributed by atoms with van der Waals surface area (Å²) < 4.78 is 57.7. The van der Waals surface area contributed by atoms with Crippen LogP contribution in [0.4, 0.5) is 23.2 Å². The van der Waals surface area contributed by atoms with Crippen LogP contribution in [-0.4, -0.2) is 39.6 Å². The van der Waals surface area contributed by atoms with Gasteiger partial charge in [0.15, 0.2) is 0 Å². The molecule has 4 aromatic rings. The molecule has 0 fully saturated rings. The number of imidazole rings is 1. The van der Waals surface area contributed by atoms with Crippen molar-refractivity contribution in [3.05, 3.63) is 89.8 Å². The number of aromatic nitrogens is 2. The van der Waals surface area contributed by atoms with E-state index in [0.29, 0.717) is 22.0 Å². The molecule has 13 heteroatoms. The summed E-state index contributed by atoms with van der Waals surface area (Å²) >= 11 is 0. The van der Waals surface area contributed by atoms with E-state index < -0.39 is 35.8 Å². The molecule has 0 aliphatic carbocycles. The quantitative estimate of drug-likeness (QED) is 0.186. The van der Waals surface area contributed by atoms with Crippen LogP contribution < -0.4 is 15.4 Å². The number of hydrogen-bond donors (Lipinski definition) is 2. The molecule has 1 atom stereocenters. The minimum Gasteiger partial charge on any atom is -0.420 e. The van der Waals surface area contributed by atoms with Crippen LogP contribution in [0.3, 0.4) is 0 Å². The molecule has 1 heterocycles. The van der Waals surface area contributed by atoms with Gasteiger partial charge in [0.05, 0.1) is 18.3 Å². The number of carbonyl (C=O) groups is 3. The Morgan fingerprint density at radius 1 is 1.12 bits per heavy atom. The van der Waals surface area contributed by atoms with E-state index in [9.17, 15) is 31.9 Å². The topological polar surface area (TPSA) is 126 Å². The van der Waals surface area contributed by atoms with Gasteiger partial charge in [0, 0.05) is 29.5 Å². The molecule has 0 saturated heterocycles. The molecule has 0 radical (unpaired) electrons. The molecule has 0 saturated carbocycles. The number of nitrogens with one attached hydrogen (secondary N) is 2. The number of rotatable bonds is 8. The molecular formula is C28H21F4N5O4. The van der Waals surface area contributed by atoms with Gasteiger partial charge in [-0.1, -0.05) is 24.3 Å². The van der Waals surface area contributed by atoms with Crippen LogP contribution in [0.5, 0.6) is 5.75 Å². The zero-order valence-corrected chi connectivity index (χ0v) is 21.3. The second kappa shape index (κ2) is 11.9. The fourth-order valence-electron chi connectivity index (χ4n) is 3.93. The first-order chi connectivity index (χ1) is 19.4. The molecule has 0 spiro atoms. The lowest BCUT2D eigenvalue weighted by Crippen LogP contribution is -2.42. The van der Waals surface area contributed by atoms with Gasteiger partial charge in [-0.3, -0.25) is 9.59 Å². The van der Waals surface area contributed by atoms with Crippen molar-refractivity contribution in [2.45, 2.75) is 32.1 Å². The van der Waals surface area contributed by atoms with E-state index in [2.05, 4.69) is 20.4 Å². The predicted molar refractivity (Wildman–Crippen MR) is 138 cm³/mol. The first-order valence-corrected chi connectivity index (χ1v) is 12.0. The van der Waals surface area contributed by atoms with E-state index in [1.165, 1.54) is 55.8 Å². The smallest absolute Gasteiger partial charge is 0.420 e. The summed E-state index contributed by atoms with van der Waals surface area (Å²) in [5, 5.41) is 15.0. The monoisotopic (exact) mass is 567 g/mol. The number of benzene rings is 3. The third kappa shape index (κ3) is 7.04. The molecule has 2 N–H and O–H groups in total. The van der Waals surface area contributed by atoms with Crippen molar-refractivity contribution in [1.82, 2.24) is 14.9 Å². The molecule has 0 bridgehead atoms. The van der Waals surface area contributed by atoms with Crippen molar-refractivity contribution < 1.29 is 36.7 Å². The van der Waals surface area contributed by atoms with E-state index in [-0.39, 0.29) is 30.0 Å². The Balaban J connectivity index is 1.40. The fraction of sp³-hybridized carbons (Fsp3) is 0.179. The molecule has 2 amide bonds. The maximum absolute atomic E-state index is 14.0. The van der Waals surface area contributed by atoms with Gasteiger partial charge >= 0.3 is 12.1 Å². The Kier molecular flexibility index (Phi) is 8.32. The van der Waals surface area contributed by atoms with E-state index >= 15 is 0 Å². The van der Waals surface area contributed by atoms with E-state index in [1.54, 1.807) is 28.8 Å². The molecule has 4 rings (SSSR count). The Labute approximate surface area is 230 Å². The van der Waals surface area contributed by atoms with Crippen LogP contribution in [0.15, 0.2) is 67.1 Å². The SMILES string of the molecule is CC(NC(=O)Cc1cncn1Cc1ccc(C#N)c(F)c1)C(=O)Nc1cccc2ccc(OC(=O)C(F)(F)F)cc12. The highest BCUT2D eigenvalue weighted by molar-refractivity contribution is 6.05. The van der Waals surface area contributed by atoms with Gasteiger partial charge in [0.25, 0.3) is 0 Å². The normalized spacial score (nSPS) is 11.9. The maximum atomic E-state index is 14.0. The van der Waals surface area contributed by atoms with Crippen molar-refractivity contribution in [2.75, 3.05) is 5.32 Å². The Morgan fingerprint density at radius 3 is 2.61 bits per heavy atom. The third-order valence-corrected chi connectivity index (χ3v) is 5.97. The molecule has 0 aliphatic rings. The van der Waals surface area contributed by atoms with Gasteiger partial charge in [-0.2, -0.15) is 18.4 Å². The lowest BCUT2D eigenvalue weighted by atomic mass is 10.1. The molecule has 1 unspecified atom stereocenters. The Morgan fingerprint density at radius 2 is 1.90 bits per heavy atom. The molecule has 9 nitrogen and oxygen atoms in total. The van der Waals surface area contributed by atoms with Crippen LogP contribution in [0.1, 0.15) is 23.7 Å². The van der Waals surface area contributed by atoms with Gasteiger partial charge in [-0.05, 0) is 48.2 Å². The van der Waals surface area contributed by atoms with E-state index in [4.69, 9.17) is 5.26 Å². The molecule has 1 aromatic heterocycles. The number of nitriles is 1. The summed E-state index contributed by atoms with van der Waals surface area (Å²) in [5.41, 5.74) is 1.20. The Hall–Kier alpha value is -5.25. The zero-order valence-electron chi connectivity index (χ0n) is 21.3. The standard InChI is InChI=1S/C28H21F4N5O4/c1-16(35-25(38)10-20-13-34-15-37(20)14-17-5-6-19(12-33)23(29)9-17)26(39)36-24-4-2-3-18-7-8-21(11-22(18)24)41-27(40)28(30,31)32/h2-9,11,13,15-16H,10,14H2,1H3,(H,35,38)(H,36,39). The van der Waals surface area contributed by atoms with Gasteiger partial charge < -0.3 is 19.9 Å². The second-order valence-corrected chi connectivity index (χ2v) is 8.97. The molecular weight excluding hydrogens is 546 g/mol. The average Bonchev–Trinajstić information content (AvgIpc) is 3.34. The third-order valence-electron chi connectivity index (χ3n) is 5.97. The highest BCUT2D eigenvalue weighted by atomic mass is 19.4. The number of halogens is 4. The first kappa shape index (κ1) is 28.8. The number of hydrogen-bond acceptors (Lipinski definition) is 6. The van der Waals surface area contributed by atoms with Crippen LogP contribution in [0.25, 0.3) is 10.8 Å². The summed E-state index contributed by atoms with van der Waals surface area (Å²) in [6, 6.07) is 13.5. The highest BCUT2D eigenvalue weighted by Crippen LogP contribution is 2.29. The summed E-state index contributed by atoms with van der Waals surface area (Å²) in [5.74, 6) is -4.50. The van der Waals surface area contributed by atoms with Crippen molar-refractivity contribution in [2.24, 2.45) is 0 Å². The summed E-state index contributed by atoms with van der Waals surface area (Å²) in [6.07, 6.45) is -2.38. The van der Waals surface area contributed by atoms with Crippen molar-refractivity contribution in [1.29, 1.82) is 5.26 Å². The highest BCUT2D eigenvalue weighted by Gasteiger charge is 2.41. The summed E-state index contributed by atoms with van der Waals surface area (Å²) in [7, 11) is 0. The van der Waals surface area contributed by atoms with Crippen molar-refractivity contribution >= 4 is 34.2 Å². The number of anilines is 1. The number of alkyl halides is 3. The first-order valence-electron chi connectivity index (χ1n) is 12.0. The minimum absolute atomic E-state index is 0.0833. The lowest BCUT2D eigenvalue weighted by Gasteiger charge is -2.16. The molecule has 41 heavy (non-hydrogen) atoms. The van der Waals surface area contributed by atoms with Crippen molar-refractivity contribution in [3.63, 3.8) is 0 Å². The van der Waals surface area contributed by atoms with E-state index in [0.717, 1.165) is 0 Å². The van der Waals surface area contributed by atoms with Gasteiger partial charge in [0.2, 0.25) is 11.8 Å². The van der Waals surface area contributed by atoms with Crippen LogP contribution >= 0.6 is 0 Å². The largest absolute Gasteiger partial charge is 0.491 e. The van der Waals surface area contributed by atoms with Crippen LogP contribution in [-0.2, 0) is 27.3 Å². The number of esters is 1. The average molecular weight is 567 g/mol. The molecule has 3 aromatic carbocycles. The lowest BCUT2D eigenvalue weighted by molar-refractivity contribution is -0.189. The minimum atomic E-state index is -5.17. The van der Waals surface area contributed by atoms with E-state index in [1.807, 2.05) is 0 Å². The molecule has 210 valence electrons. The fourth-order valence-corrected chi connectivity index (χ4v) is 3.93. The van der Waals surface area contributed by atoms with Crippen LogP contribution in [0, 0.1) is 17.1 Å². The van der Waals surface area contributed by atoms with Crippen molar-refractivity contribution in [3.8, 4) is 11.8 Å². The number of carbonyl (C=O) groups excluding carboxylic acids is 3. The zero-order chi connectivity index (χ0) is 29.7. The van der Waals surface area contributed by atoms with Gasteiger partial charge in [-0.25, -0.2) is 14.2 Å². The maximum Gasteiger partial charge on any atom is 0.491 e. The number of nitrogens with zero attached hydrogens (tertiary/aromatic N) is 3. The van der Waals surface area contributed by atoms with Gasteiger partial charge in [-0.15, -0.1) is 0 Å². The summed E-state index contributed by atoms with van der Waals surface area (Å²) in [4.78, 5) is 40.8. The Bertz CT molecular complexity index is 1680.